The molecule has 8 heteroatoms. The van der Waals surface area contributed by atoms with Crippen molar-refractivity contribution in [2.75, 3.05) is 10.6 Å². The highest BCUT2D eigenvalue weighted by atomic mass is 19.4. The van der Waals surface area contributed by atoms with Gasteiger partial charge in [0.1, 0.15) is 5.41 Å². The Kier molecular flexibility index (Phi) is 5.59. The summed E-state index contributed by atoms with van der Waals surface area (Å²) in [6, 6.07) is 12.5. The number of benzene rings is 2. The molecule has 2 N–H and O–H groups in total. The average molecular weight is 401 g/mol. The standard InChI is InChI=1S/C21H18F3N3O2/c22-21(23,24)15-6-4-8-17(12-15)26-18(28)14-5-3-7-16(11-14)27-19(29)20(13-25)9-1-2-10-20/h3-8,11-12H,1-2,9-10H2,(H,26,28)(H,27,29). The molecule has 29 heavy (non-hydrogen) atoms. The number of rotatable bonds is 4. The summed E-state index contributed by atoms with van der Waals surface area (Å²) >= 11 is 0. The molecule has 0 heterocycles. The van der Waals surface area contributed by atoms with Gasteiger partial charge in [-0.1, -0.05) is 25.0 Å². The lowest BCUT2D eigenvalue weighted by atomic mass is 9.87. The first-order valence-corrected chi connectivity index (χ1v) is 9.05. The number of hydrogen-bond donors (Lipinski definition) is 2. The van der Waals surface area contributed by atoms with Crippen molar-refractivity contribution in [1.82, 2.24) is 0 Å². The molecule has 0 bridgehead atoms. The molecular weight excluding hydrogens is 383 g/mol. The summed E-state index contributed by atoms with van der Waals surface area (Å²) in [7, 11) is 0. The van der Waals surface area contributed by atoms with Crippen LogP contribution in [0.3, 0.4) is 0 Å². The molecule has 0 spiro atoms. The van der Waals surface area contributed by atoms with Gasteiger partial charge in [-0.3, -0.25) is 9.59 Å². The minimum absolute atomic E-state index is 0.00801. The van der Waals surface area contributed by atoms with E-state index in [1.54, 1.807) is 12.1 Å². The van der Waals surface area contributed by atoms with Gasteiger partial charge in [0.05, 0.1) is 11.6 Å². The van der Waals surface area contributed by atoms with E-state index >= 15 is 0 Å². The van der Waals surface area contributed by atoms with Gasteiger partial charge < -0.3 is 10.6 Å². The zero-order chi connectivity index (χ0) is 21.1. The van der Waals surface area contributed by atoms with E-state index in [-0.39, 0.29) is 11.3 Å². The zero-order valence-corrected chi connectivity index (χ0v) is 15.3. The van der Waals surface area contributed by atoms with Gasteiger partial charge in [0.15, 0.2) is 0 Å². The number of nitrogens with one attached hydrogen (secondary N) is 2. The van der Waals surface area contributed by atoms with E-state index in [0.717, 1.165) is 25.0 Å². The summed E-state index contributed by atoms with van der Waals surface area (Å²) in [6.45, 7) is 0. The molecule has 1 saturated carbocycles. The molecule has 150 valence electrons. The molecule has 0 radical (unpaired) electrons. The van der Waals surface area contributed by atoms with Crippen molar-refractivity contribution in [1.29, 1.82) is 5.26 Å². The predicted octanol–water partition coefficient (Wildman–Crippen LogP) is 4.98. The smallest absolute Gasteiger partial charge is 0.325 e. The topological polar surface area (TPSA) is 82.0 Å². The predicted molar refractivity (Wildman–Crippen MR) is 101 cm³/mol. The fourth-order valence-electron chi connectivity index (χ4n) is 3.33. The lowest BCUT2D eigenvalue weighted by molar-refractivity contribution is -0.137. The van der Waals surface area contributed by atoms with Crippen LogP contribution in [-0.4, -0.2) is 11.8 Å². The summed E-state index contributed by atoms with van der Waals surface area (Å²) in [5, 5.41) is 14.5. The highest BCUT2D eigenvalue weighted by Crippen LogP contribution is 2.38. The molecule has 0 unspecified atom stereocenters. The molecule has 1 fully saturated rings. The van der Waals surface area contributed by atoms with E-state index in [4.69, 9.17) is 0 Å². The fourth-order valence-corrected chi connectivity index (χ4v) is 3.33. The van der Waals surface area contributed by atoms with Crippen LogP contribution < -0.4 is 10.6 Å². The Labute approximate surface area is 165 Å². The van der Waals surface area contributed by atoms with Crippen molar-refractivity contribution in [3.05, 3.63) is 59.7 Å². The number of hydrogen-bond acceptors (Lipinski definition) is 3. The maximum atomic E-state index is 12.8. The van der Waals surface area contributed by atoms with Crippen LogP contribution in [0.1, 0.15) is 41.6 Å². The molecule has 1 aliphatic rings. The van der Waals surface area contributed by atoms with E-state index in [0.29, 0.717) is 18.5 Å². The van der Waals surface area contributed by atoms with Crippen molar-refractivity contribution in [2.45, 2.75) is 31.9 Å². The highest BCUT2D eigenvalue weighted by molar-refractivity contribution is 6.05. The van der Waals surface area contributed by atoms with Crippen molar-refractivity contribution < 1.29 is 22.8 Å². The Bertz CT molecular complexity index is 974. The number of carbonyl (C=O) groups excluding carboxylic acids is 2. The molecule has 0 saturated heterocycles. The molecule has 1 aliphatic carbocycles. The minimum Gasteiger partial charge on any atom is -0.325 e. The summed E-state index contributed by atoms with van der Waals surface area (Å²) in [6.07, 6.45) is -1.92. The molecule has 2 aromatic rings. The van der Waals surface area contributed by atoms with Gasteiger partial charge in [0.2, 0.25) is 5.91 Å². The largest absolute Gasteiger partial charge is 0.416 e. The Morgan fingerprint density at radius 1 is 0.966 bits per heavy atom. The second-order valence-electron chi connectivity index (χ2n) is 6.97. The molecule has 0 aliphatic heterocycles. The van der Waals surface area contributed by atoms with Crippen LogP contribution in [0.5, 0.6) is 0 Å². The Morgan fingerprint density at radius 3 is 2.21 bits per heavy atom. The van der Waals surface area contributed by atoms with E-state index in [2.05, 4.69) is 16.7 Å². The number of anilines is 2. The van der Waals surface area contributed by atoms with E-state index in [9.17, 15) is 28.0 Å². The molecule has 5 nitrogen and oxygen atoms in total. The molecule has 0 aromatic heterocycles. The van der Waals surface area contributed by atoms with Crippen LogP contribution in [0.4, 0.5) is 24.5 Å². The average Bonchev–Trinajstić information content (AvgIpc) is 3.18. The molecule has 0 atom stereocenters. The van der Waals surface area contributed by atoms with Crippen LogP contribution in [-0.2, 0) is 11.0 Å². The third-order valence-corrected chi connectivity index (χ3v) is 4.94. The Morgan fingerprint density at radius 2 is 1.59 bits per heavy atom. The number of halogens is 3. The lowest BCUT2D eigenvalue weighted by Crippen LogP contribution is -2.32. The second-order valence-corrected chi connectivity index (χ2v) is 6.97. The Balaban J connectivity index is 1.73. The number of nitriles is 1. The van der Waals surface area contributed by atoms with Gasteiger partial charge in [-0.2, -0.15) is 18.4 Å². The highest BCUT2D eigenvalue weighted by Gasteiger charge is 2.41. The monoisotopic (exact) mass is 401 g/mol. The zero-order valence-electron chi connectivity index (χ0n) is 15.3. The molecule has 2 aromatic carbocycles. The quantitative estimate of drug-likeness (QED) is 0.758. The Hall–Kier alpha value is -3.34. The summed E-state index contributed by atoms with van der Waals surface area (Å²) in [4.78, 5) is 25.0. The number of nitrogens with zero attached hydrogens (tertiary/aromatic N) is 1. The summed E-state index contributed by atoms with van der Waals surface area (Å²) in [5.74, 6) is -1.02. The third kappa shape index (κ3) is 4.57. The number of carbonyl (C=O) groups is 2. The van der Waals surface area contributed by atoms with E-state index in [1.165, 1.54) is 24.3 Å². The number of alkyl halides is 3. The van der Waals surface area contributed by atoms with Gasteiger partial charge in [0, 0.05) is 16.9 Å². The van der Waals surface area contributed by atoms with E-state index < -0.39 is 29.0 Å². The first kappa shape index (κ1) is 20.4. The van der Waals surface area contributed by atoms with E-state index in [1.807, 2.05) is 0 Å². The summed E-state index contributed by atoms with van der Waals surface area (Å²) < 4.78 is 38.4. The molecule has 2 amide bonds. The fraction of sp³-hybridized carbons (Fsp3) is 0.286. The third-order valence-electron chi connectivity index (χ3n) is 4.94. The SMILES string of the molecule is N#CC1(C(=O)Nc2cccc(C(=O)Nc3cccc(C(F)(F)F)c3)c2)CCCC1. The minimum atomic E-state index is -4.51. The van der Waals surface area contributed by atoms with Crippen molar-refractivity contribution in [3.8, 4) is 6.07 Å². The normalized spacial score (nSPS) is 15.4. The first-order chi connectivity index (χ1) is 13.7. The van der Waals surface area contributed by atoms with Crippen LogP contribution in [0.2, 0.25) is 0 Å². The van der Waals surface area contributed by atoms with Gasteiger partial charge >= 0.3 is 6.18 Å². The van der Waals surface area contributed by atoms with Crippen LogP contribution in [0.15, 0.2) is 48.5 Å². The van der Waals surface area contributed by atoms with Gasteiger partial charge in [0.25, 0.3) is 5.91 Å². The second kappa shape index (κ2) is 7.95. The van der Waals surface area contributed by atoms with Crippen LogP contribution in [0.25, 0.3) is 0 Å². The maximum Gasteiger partial charge on any atom is 0.416 e. The van der Waals surface area contributed by atoms with Gasteiger partial charge in [-0.05, 0) is 49.2 Å². The maximum absolute atomic E-state index is 12.8. The molecule has 3 rings (SSSR count). The van der Waals surface area contributed by atoms with Crippen LogP contribution >= 0.6 is 0 Å². The van der Waals surface area contributed by atoms with Gasteiger partial charge in [-0.15, -0.1) is 0 Å². The van der Waals surface area contributed by atoms with Crippen molar-refractivity contribution in [3.63, 3.8) is 0 Å². The van der Waals surface area contributed by atoms with Crippen molar-refractivity contribution in [2.24, 2.45) is 5.41 Å². The summed E-state index contributed by atoms with van der Waals surface area (Å²) in [5.41, 5.74) is -1.41. The lowest BCUT2D eigenvalue weighted by Gasteiger charge is -2.19. The van der Waals surface area contributed by atoms with Gasteiger partial charge in [-0.25, -0.2) is 0 Å². The van der Waals surface area contributed by atoms with Crippen molar-refractivity contribution >= 4 is 23.2 Å². The molecular formula is C21H18F3N3O2. The number of amides is 2. The van der Waals surface area contributed by atoms with Crippen LogP contribution in [0, 0.1) is 16.7 Å². The first-order valence-electron chi connectivity index (χ1n) is 9.05.